The zero-order chi connectivity index (χ0) is 8.55. The van der Waals surface area contributed by atoms with Gasteiger partial charge >= 0.3 is 0 Å². The van der Waals surface area contributed by atoms with Gasteiger partial charge in [-0.1, -0.05) is 11.3 Å². The normalized spacial score (nSPS) is 10.4. The molecule has 0 spiro atoms. The van der Waals surface area contributed by atoms with E-state index in [1.165, 1.54) is 0 Å². The predicted molar refractivity (Wildman–Crippen MR) is 47.9 cm³/mol. The van der Waals surface area contributed by atoms with Gasteiger partial charge in [0, 0.05) is 4.47 Å². The van der Waals surface area contributed by atoms with Crippen molar-refractivity contribution in [3.8, 4) is 0 Å². The maximum atomic E-state index is 11.2. The third-order valence-electron chi connectivity index (χ3n) is 1.53. The van der Waals surface area contributed by atoms with Gasteiger partial charge in [0.25, 0.3) is 5.56 Å². The second-order valence-corrected chi connectivity index (χ2v) is 3.13. The molecule has 0 atom stereocenters. The van der Waals surface area contributed by atoms with Gasteiger partial charge in [0.2, 0.25) is 0 Å². The molecule has 60 valence electrons. The SMILES string of the molecule is O=c1[nH]nnc2cccc(Br)c12. The summed E-state index contributed by atoms with van der Waals surface area (Å²) in [5, 5.41) is 10.0. The van der Waals surface area contributed by atoms with Crippen LogP contribution in [-0.4, -0.2) is 15.4 Å². The van der Waals surface area contributed by atoms with Crippen LogP contribution in [0.1, 0.15) is 0 Å². The Balaban J connectivity index is 3.07. The van der Waals surface area contributed by atoms with Gasteiger partial charge < -0.3 is 0 Å². The van der Waals surface area contributed by atoms with Crippen molar-refractivity contribution >= 4 is 26.8 Å². The minimum Gasteiger partial charge on any atom is -0.267 e. The van der Waals surface area contributed by atoms with Crippen LogP contribution < -0.4 is 5.56 Å². The van der Waals surface area contributed by atoms with Crippen LogP contribution in [0, 0.1) is 0 Å². The summed E-state index contributed by atoms with van der Waals surface area (Å²) in [6.45, 7) is 0. The van der Waals surface area contributed by atoms with Gasteiger partial charge in [-0.25, -0.2) is 5.10 Å². The van der Waals surface area contributed by atoms with Crippen molar-refractivity contribution in [2.45, 2.75) is 0 Å². The summed E-state index contributed by atoms with van der Waals surface area (Å²) in [5.74, 6) is 0. The van der Waals surface area contributed by atoms with E-state index in [0.29, 0.717) is 10.9 Å². The molecule has 2 aromatic rings. The van der Waals surface area contributed by atoms with E-state index < -0.39 is 0 Å². The summed E-state index contributed by atoms with van der Waals surface area (Å²) >= 11 is 3.26. The van der Waals surface area contributed by atoms with E-state index in [4.69, 9.17) is 0 Å². The number of hydrogen-bond acceptors (Lipinski definition) is 3. The van der Waals surface area contributed by atoms with E-state index in [1.807, 2.05) is 0 Å². The molecule has 1 aromatic heterocycles. The highest BCUT2D eigenvalue weighted by Crippen LogP contribution is 2.17. The second-order valence-electron chi connectivity index (χ2n) is 2.27. The number of nitrogens with one attached hydrogen (secondary N) is 1. The second kappa shape index (κ2) is 2.67. The van der Waals surface area contributed by atoms with E-state index in [2.05, 4.69) is 31.3 Å². The first-order chi connectivity index (χ1) is 5.79. The topological polar surface area (TPSA) is 58.6 Å². The third-order valence-corrected chi connectivity index (χ3v) is 2.19. The predicted octanol–water partition coefficient (Wildman–Crippen LogP) is 1.08. The van der Waals surface area contributed by atoms with Gasteiger partial charge in [-0.15, -0.1) is 5.10 Å². The van der Waals surface area contributed by atoms with Gasteiger partial charge in [-0.3, -0.25) is 4.79 Å². The van der Waals surface area contributed by atoms with Crippen molar-refractivity contribution in [1.29, 1.82) is 0 Å². The Morgan fingerprint density at radius 1 is 1.42 bits per heavy atom. The fourth-order valence-electron chi connectivity index (χ4n) is 1.00. The largest absolute Gasteiger partial charge is 0.276 e. The molecule has 0 saturated heterocycles. The van der Waals surface area contributed by atoms with Gasteiger partial charge in [0.1, 0.15) is 5.52 Å². The highest BCUT2D eigenvalue weighted by atomic mass is 79.9. The van der Waals surface area contributed by atoms with Crippen LogP contribution in [0.15, 0.2) is 27.5 Å². The summed E-state index contributed by atoms with van der Waals surface area (Å²) in [5.41, 5.74) is 0.362. The van der Waals surface area contributed by atoms with Crippen LogP contribution in [0.3, 0.4) is 0 Å². The molecule has 4 nitrogen and oxygen atoms in total. The van der Waals surface area contributed by atoms with Gasteiger partial charge in [0.15, 0.2) is 0 Å². The average Bonchev–Trinajstić information content (AvgIpc) is 2.04. The highest BCUT2D eigenvalue weighted by molar-refractivity contribution is 9.10. The summed E-state index contributed by atoms with van der Waals surface area (Å²) in [6.07, 6.45) is 0. The van der Waals surface area contributed by atoms with E-state index in [0.717, 1.165) is 4.47 Å². The number of halogens is 1. The zero-order valence-corrected chi connectivity index (χ0v) is 7.50. The van der Waals surface area contributed by atoms with Crippen LogP contribution >= 0.6 is 15.9 Å². The van der Waals surface area contributed by atoms with Gasteiger partial charge in [0.05, 0.1) is 5.39 Å². The van der Waals surface area contributed by atoms with Crippen molar-refractivity contribution in [1.82, 2.24) is 15.4 Å². The van der Waals surface area contributed by atoms with Crippen LogP contribution in [0.4, 0.5) is 0 Å². The summed E-state index contributed by atoms with van der Waals surface area (Å²) in [7, 11) is 0. The molecule has 0 unspecified atom stereocenters. The van der Waals surface area contributed by atoms with E-state index >= 15 is 0 Å². The smallest absolute Gasteiger partial charge is 0.267 e. The molecule has 2 rings (SSSR count). The van der Waals surface area contributed by atoms with Crippen LogP contribution in [0.25, 0.3) is 10.9 Å². The van der Waals surface area contributed by atoms with Gasteiger partial charge in [-0.05, 0) is 28.1 Å². The first-order valence-electron chi connectivity index (χ1n) is 3.28. The van der Waals surface area contributed by atoms with Crippen molar-refractivity contribution in [2.24, 2.45) is 0 Å². The third kappa shape index (κ3) is 1.02. The Kier molecular flexibility index (Phi) is 1.65. The van der Waals surface area contributed by atoms with Gasteiger partial charge in [-0.2, -0.15) is 0 Å². The Labute approximate surface area is 75.7 Å². The Morgan fingerprint density at radius 3 is 3.00 bits per heavy atom. The molecule has 0 aliphatic rings. The zero-order valence-electron chi connectivity index (χ0n) is 5.91. The Morgan fingerprint density at radius 2 is 2.25 bits per heavy atom. The lowest BCUT2D eigenvalue weighted by atomic mass is 10.2. The van der Waals surface area contributed by atoms with Crippen LogP contribution in [0.5, 0.6) is 0 Å². The number of H-pyrrole nitrogens is 1. The Hall–Kier alpha value is -1.23. The van der Waals surface area contributed by atoms with E-state index in [-0.39, 0.29) is 5.56 Å². The number of rotatable bonds is 0. The number of nitrogens with zero attached hydrogens (tertiary/aromatic N) is 2. The van der Waals surface area contributed by atoms with Crippen molar-refractivity contribution in [3.05, 3.63) is 33.0 Å². The minimum absolute atomic E-state index is 0.229. The van der Waals surface area contributed by atoms with E-state index in [9.17, 15) is 4.79 Å². The molecule has 0 aliphatic carbocycles. The quantitative estimate of drug-likeness (QED) is 0.731. The first-order valence-corrected chi connectivity index (χ1v) is 4.08. The lowest BCUT2D eigenvalue weighted by Gasteiger charge is -1.94. The molecule has 5 heteroatoms. The first kappa shape index (κ1) is 7.42. The number of benzene rings is 1. The number of aromatic nitrogens is 3. The number of hydrogen-bond donors (Lipinski definition) is 1. The highest BCUT2D eigenvalue weighted by Gasteiger charge is 2.02. The molecule has 1 N–H and O–H groups in total. The Bertz CT molecular complexity index is 474. The monoisotopic (exact) mass is 225 g/mol. The molecular formula is C7H4BrN3O. The average molecular weight is 226 g/mol. The molecule has 12 heavy (non-hydrogen) atoms. The molecule has 1 aromatic carbocycles. The summed E-state index contributed by atoms with van der Waals surface area (Å²) in [4.78, 5) is 11.2. The molecule has 0 saturated carbocycles. The lowest BCUT2D eigenvalue weighted by Crippen LogP contribution is -2.09. The molecular weight excluding hydrogens is 222 g/mol. The minimum atomic E-state index is -0.229. The number of aromatic amines is 1. The van der Waals surface area contributed by atoms with Crippen LogP contribution in [0.2, 0.25) is 0 Å². The molecule has 0 amide bonds. The lowest BCUT2D eigenvalue weighted by molar-refractivity contribution is 0.872. The van der Waals surface area contributed by atoms with Crippen molar-refractivity contribution < 1.29 is 0 Å². The standard InChI is InChI=1S/C7H4BrN3O/c8-4-2-1-3-5-6(4)7(12)10-11-9-5/h1-3H,(H,9,10,12). The van der Waals surface area contributed by atoms with Crippen LogP contribution in [-0.2, 0) is 0 Å². The fraction of sp³-hybridized carbons (Fsp3) is 0. The molecule has 0 radical (unpaired) electrons. The maximum Gasteiger partial charge on any atom is 0.276 e. The van der Waals surface area contributed by atoms with E-state index in [1.54, 1.807) is 18.2 Å². The molecule has 0 aliphatic heterocycles. The number of fused-ring (bicyclic) bond motifs is 1. The maximum absolute atomic E-state index is 11.2. The fourth-order valence-corrected chi connectivity index (χ4v) is 1.54. The van der Waals surface area contributed by atoms with Crippen molar-refractivity contribution in [3.63, 3.8) is 0 Å². The summed E-state index contributed by atoms with van der Waals surface area (Å²) < 4.78 is 0.733. The molecule has 1 heterocycles. The molecule has 0 fully saturated rings. The summed E-state index contributed by atoms with van der Waals surface area (Å²) in [6, 6.07) is 5.34. The van der Waals surface area contributed by atoms with Crippen molar-refractivity contribution in [2.75, 3.05) is 0 Å². The molecule has 0 bridgehead atoms.